The topological polar surface area (TPSA) is 27.1 Å². The highest BCUT2D eigenvalue weighted by Gasteiger charge is 2.37. The van der Waals surface area contributed by atoms with Gasteiger partial charge in [-0.1, -0.05) is 29.8 Å². The number of halogens is 4. The number of rotatable bonds is 3. The minimum atomic E-state index is -4.55. The van der Waals surface area contributed by atoms with E-state index in [1.165, 1.54) is 0 Å². The van der Waals surface area contributed by atoms with Crippen LogP contribution >= 0.6 is 11.6 Å². The van der Waals surface area contributed by atoms with E-state index in [1.54, 1.807) is 24.3 Å². The van der Waals surface area contributed by atoms with Gasteiger partial charge in [0.05, 0.1) is 6.20 Å². The summed E-state index contributed by atoms with van der Waals surface area (Å²) in [7, 11) is 0. The van der Waals surface area contributed by atoms with E-state index in [4.69, 9.17) is 16.4 Å². The lowest BCUT2D eigenvalue weighted by atomic mass is 10.2. The van der Waals surface area contributed by atoms with E-state index in [2.05, 4.69) is 4.98 Å². The molecule has 0 amide bonds. The van der Waals surface area contributed by atoms with Crippen LogP contribution in [0.25, 0.3) is 0 Å². The molecule has 1 heterocycles. The van der Waals surface area contributed by atoms with Crippen LogP contribution in [0.2, 0.25) is 5.02 Å². The molecule has 1 aromatic heterocycles. The van der Waals surface area contributed by atoms with Gasteiger partial charge in [-0.3, -0.25) is 0 Å². The number of alkyl halides is 3. The van der Waals surface area contributed by atoms with Crippen molar-refractivity contribution in [3.63, 3.8) is 0 Å². The highest BCUT2D eigenvalue weighted by atomic mass is 35.5. The number of hydrogen-bond donors (Lipinski definition) is 0. The predicted octanol–water partition coefficient (Wildman–Crippen LogP) is 3.18. The molecule has 1 aromatic carbocycles. The van der Waals surface area contributed by atoms with Gasteiger partial charge in [-0.2, -0.15) is 17.9 Å². The van der Waals surface area contributed by atoms with Gasteiger partial charge in [0, 0.05) is 16.8 Å². The molecule has 2 aromatic rings. The van der Waals surface area contributed by atoms with Gasteiger partial charge in [0.25, 0.3) is 0 Å². The fourth-order valence-electron chi connectivity index (χ4n) is 1.35. The fraction of sp³-hybridized carbons (Fsp3) is 0.182. The van der Waals surface area contributed by atoms with Gasteiger partial charge in [-0.25, -0.2) is 4.98 Å². The van der Waals surface area contributed by atoms with Gasteiger partial charge in [-0.15, -0.1) is 0 Å². The van der Waals surface area contributed by atoms with Gasteiger partial charge in [0.1, 0.15) is 6.61 Å². The molecule has 0 aliphatic heterocycles. The Labute approximate surface area is 106 Å². The average molecular weight is 277 g/mol. The summed E-state index contributed by atoms with van der Waals surface area (Å²) in [6.07, 6.45) is -2.43. The Balaban J connectivity index is 2.12. The summed E-state index contributed by atoms with van der Waals surface area (Å²) in [6, 6.07) is 6.76. The van der Waals surface area contributed by atoms with Crippen LogP contribution in [0.15, 0.2) is 36.7 Å². The lowest BCUT2D eigenvalue weighted by Crippen LogP contribution is -2.20. The molecule has 7 heteroatoms. The molecule has 0 aliphatic rings. The second-order valence-corrected chi connectivity index (χ2v) is 3.85. The molecule has 0 saturated carbocycles. The first-order valence-electron chi connectivity index (χ1n) is 4.96. The third-order valence-electron chi connectivity index (χ3n) is 2.18. The summed E-state index contributed by atoms with van der Waals surface area (Å²) >= 11 is 5.87. The minimum Gasteiger partial charge on any atom is -0.407 e. The van der Waals surface area contributed by atoms with Gasteiger partial charge in [0.2, 0.25) is 5.82 Å². The molecule has 0 N–H and O–H groups in total. The van der Waals surface area contributed by atoms with E-state index in [9.17, 15) is 13.2 Å². The van der Waals surface area contributed by atoms with Crippen molar-refractivity contribution in [3.05, 3.63) is 53.1 Å². The third-order valence-corrected chi connectivity index (χ3v) is 2.55. The molecule has 18 heavy (non-hydrogen) atoms. The summed E-state index contributed by atoms with van der Waals surface area (Å²) in [6.45, 7) is -0.0703. The van der Waals surface area contributed by atoms with Crippen molar-refractivity contribution in [3.8, 4) is 0 Å². The van der Waals surface area contributed by atoms with Gasteiger partial charge >= 0.3 is 6.18 Å². The zero-order valence-corrected chi connectivity index (χ0v) is 9.74. The van der Waals surface area contributed by atoms with Gasteiger partial charge < -0.3 is 4.84 Å². The molecule has 0 spiro atoms. The molecule has 0 bridgehead atoms. The third kappa shape index (κ3) is 2.76. The number of imidazole rings is 1. The van der Waals surface area contributed by atoms with Crippen LogP contribution in [-0.2, 0) is 12.8 Å². The summed E-state index contributed by atoms with van der Waals surface area (Å²) in [5, 5.41) is 0.436. The zero-order valence-electron chi connectivity index (χ0n) is 8.99. The van der Waals surface area contributed by atoms with Crippen molar-refractivity contribution in [2.24, 2.45) is 0 Å². The van der Waals surface area contributed by atoms with Crippen LogP contribution in [0.5, 0.6) is 0 Å². The molecule has 0 saturated heterocycles. The summed E-state index contributed by atoms with van der Waals surface area (Å²) in [5.41, 5.74) is 0.598. The number of benzene rings is 1. The van der Waals surface area contributed by atoms with Crippen LogP contribution in [-0.4, -0.2) is 9.71 Å². The molecule has 2 rings (SSSR count). The van der Waals surface area contributed by atoms with Crippen molar-refractivity contribution in [2.75, 3.05) is 0 Å². The lowest BCUT2D eigenvalue weighted by molar-refractivity contribution is -0.156. The highest BCUT2D eigenvalue weighted by Crippen LogP contribution is 2.27. The Morgan fingerprint density at radius 1 is 1.28 bits per heavy atom. The van der Waals surface area contributed by atoms with Crippen LogP contribution < -0.4 is 4.84 Å². The Hall–Kier alpha value is -1.69. The first kappa shape index (κ1) is 12.8. The SMILES string of the molecule is FC(F)(F)c1nccn1OCc1ccccc1Cl. The standard InChI is InChI=1S/C11H8ClF3N2O/c12-9-4-2-1-3-8(9)7-18-17-6-5-16-10(17)11(13,14)15/h1-6H,7H2. The highest BCUT2D eigenvalue weighted by molar-refractivity contribution is 6.31. The maximum absolute atomic E-state index is 12.5. The van der Waals surface area contributed by atoms with E-state index in [-0.39, 0.29) is 6.61 Å². The molecule has 0 aliphatic carbocycles. The second kappa shape index (κ2) is 4.89. The Morgan fingerprint density at radius 3 is 2.67 bits per heavy atom. The summed E-state index contributed by atoms with van der Waals surface area (Å²) in [4.78, 5) is 8.22. The van der Waals surface area contributed by atoms with Crippen molar-refractivity contribution in [1.82, 2.24) is 9.71 Å². The van der Waals surface area contributed by atoms with Crippen LogP contribution in [0, 0.1) is 0 Å². The van der Waals surface area contributed by atoms with E-state index in [0.29, 0.717) is 15.3 Å². The first-order valence-corrected chi connectivity index (χ1v) is 5.33. The maximum atomic E-state index is 12.5. The molecule has 0 radical (unpaired) electrons. The van der Waals surface area contributed by atoms with Crippen LogP contribution in [0.1, 0.15) is 11.4 Å². The number of hydrogen-bond acceptors (Lipinski definition) is 2. The van der Waals surface area contributed by atoms with Gasteiger partial charge in [-0.05, 0) is 6.07 Å². The van der Waals surface area contributed by atoms with Crippen LogP contribution in [0.4, 0.5) is 13.2 Å². The lowest BCUT2D eigenvalue weighted by Gasteiger charge is -2.12. The Kier molecular flexibility index (Phi) is 3.47. The molecular formula is C11H8ClF3N2O. The normalized spacial score (nSPS) is 11.6. The quantitative estimate of drug-likeness (QED) is 0.861. The van der Waals surface area contributed by atoms with Crippen molar-refractivity contribution in [1.29, 1.82) is 0 Å². The molecule has 3 nitrogen and oxygen atoms in total. The predicted molar refractivity (Wildman–Crippen MR) is 59.0 cm³/mol. The second-order valence-electron chi connectivity index (χ2n) is 3.44. The van der Waals surface area contributed by atoms with Gasteiger partial charge in [0.15, 0.2) is 0 Å². The Morgan fingerprint density at radius 2 is 2.00 bits per heavy atom. The largest absolute Gasteiger partial charge is 0.452 e. The number of nitrogens with zero attached hydrogens (tertiary/aromatic N) is 2. The fourth-order valence-corrected chi connectivity index (χ4v) is 1.54. The summed E-state index contributed by atoms with van der Waals surface area (Å²) < 4.78 is 38.1. The van der Waals surface area contributed by atoms with E-state index >= 15 is 0 Å². The monoisotopic (exact) mass is 276 g/mol. The van der Waals surface area contributed by atoms with Crippen LogP contribution in [0.3, 0.4) is 0 Å². The van der Waals surface area contributed by atoms with Crippen molar-refractivity contribution in [2.45, 2.75) is 12.8 Å². The van der Waals surface area contributed by atoms with E-state index in [1.807, 2.05) is 0 Å². The smallest absolute Gasteiger partial charge is 0.407 e. The first-order chi connectivity index (χ1) is 8.48. The van der Waals surface area contributed by atoms with Crippen molar-refractivity contribution >= 4 is 11.6 Å². The molecule has 0 atom stereocenters. The van der Waals surface area contributed by atoms with Crippen molar-refractivity contribution < 1.29 is 18.0 Å². The molecule has 96 valence electrons. The molecule has 0 unspecified atom stereocenters. The minimum absolute atomic E-state index is 0.0703. The molecular weight excluding hydrogens is 269 g/mol. The van der Waals surface area contributed by atoms with E-state index < -0.39 is 12.0 Å². The van der Waals surface area contributed by atoms with E-state index in [0.717, 1.165) is 12.4 Å². The average Bonchev–Trinajstić information content (AvgIpc) is 2.76. The number of aromatic nitrogens is 2. The maximum Gasteiger partial charge on any atom is 0.452 e. The summed E-state index contributed by atoms with van der Waals surface area (Å²) in [5.74, 6) is -1.10. The molecule has 0 fully saturated rings. The zero-order chi connectivity index (χ0) is 13.2. The Bertz CT molecular complexity index is 539.